The SMILES string of the molecule is COCCC(C)Nc1cc(C#N)c2cc([N+](=O)[O-])ccc2n1. The number of nitriles is 1. The van der Waals surface area contributed by atoms with Crippen molar-refractivity contribution < 1.29 is 9.66 Å². The Balaban J connectivity index is 2.37. The summed E-state index contributed by atoms with van der Waals surface area (Å²) in [6, 6.07) is 8.12. The van der Waals surface area contributed by atoms with Gasteiger partial charge in [0, 0.05) is 37.3 Å². The average Bonchev–Trinajstić information content (AvgIpc) is 2.51. The Labute approximate surface area is 127 Å². The monoisotopic (exact) mass is 300 g/mol. The Morgan fingerprint density at radius 2 is 2.27 bits per heavy atom. The van der Waals surface area contributed by atoms with Crippen LogP contribution in [0.2, 0.25) is 0 Å². The van der Waals surface area contributed by atoms with Gasteiger partial charge in [0.05, 0.1) is 22.1 Å². The Morgan fingerprint density at radius 3 is 2.91 bits per heavy atom. The molecule has 0 saturated carbocycles. The van der Waals surface area contributed by atoms with Crippen molar-refractivity contribution in [1.82, 2.24) is 4.98 Å². The number of aromatic nitrogens is 1. The lowest BCUT2D eigenvalue weighted by atomic mass is 10.1. The van der Waals surface area contributed by atoms with Gasteiger partial charge in [0.1, 0.15) is 5.82 Å². The van der Waals surface area contributed by atoms with E-state index in [9.17, 15) is 15.4 Å². The molecule has 2 rings (SSSR count). The second kappa shape index (κ2) is 6.83. The number of non-ortho nitro benzene ring substituents is 1. The first-order valence-electron chi connectivity index (χ1n) is 6.80. The molecule has 0 radical (unpaired) electrons. The van der Waals surface area contributed by atoms with Gasteiger partial charge in [0.25, 0.3) is 5.69 Å². The number of nitrogens with one attached hydrogen (secondary N) is 1. The van der Waals surface area contributed by atoms with E-state index >= 15 is 0 Å². The van der Waals surface area contributed by atoms with E-state index in [-0.39, 0.29) is 11.7 Å². The summed E-state index contributed by atoms with van der Waals surface area (Å²) in [7, 11) is 1.64. The summed E-state index contributed by atoms with van der Waals surface area (Å²) < 4.78 is 5.02. The number of benzene rings is 1. The molecule has 1 aromatic carbocycles. The van der Waals surface area contributed by atoms with Gasteiger partial charge in [0.2, 0.25) is 0 Å². The smallest absolute Gasteiger partial charge is 0.270 e. The lowest BCUT2D eigenvalue weighted by Crippen LogP contribution is -2.18. The predicted molar refractivity (Wildman–Crippen MR) is 82.7 cm³/mol. The molecule has 0 saturated heterocycles. The van der Waals surface area contributed by atoms with Crippen molar-refractivity contribution in [1.29, 1.82) is 5.26 Å². The summed E-state index contributed by atoms with van der Waals surface area (Å²) in [6.07, 6.45) is 0.804. The minimum Gasteiger partial charge on any atom is -0.385 e. The molecule has 1 N–H and O–H groups in total. The van der Waals surface area contributed by atoms with Crippen molar-refractivity contribution in [2.75, 3.05) is 19.0 Å². The number of fused-ring (bicyclic) bond motifs is 1. The van der Waals surface area contributed by atoms with Crippen molar-refractivity contribution in [3.63, 3.8) is 0 Å². The van der Waals surface area contributed by atoms with E-state index in [1.807, 2.05) is 6.92 Å². The fraction of sp³-hybridized carbons (Fsp3) is 0.333. The number of hydrogen-bond donors (Lipinski definition) is 1. The first kappa shape index (κ1) is 15.7. The number of hydrogen-bond acceptors (Lipinski definition) is 6. The van der Waals surface area contributed by atoms with Crippen LogP contribution >= 0.6 is 0 Å². The zero-order chi connectivity index (χ0) is 16.1. The third-order valence-corrected chi connectivity index (χ3v) is 3.27. The number of rotatable bonds is 6. The van der Waals surface area contributed by atoms with Gasteiger partial charge in [-0.1, -0.05) is 0 Å². The highest BCUT2D eigenvalue weighted by molar-refractivity contribution is 5.88. The first-order valence-corrected chi connectivity index (χ1v) is 6.80. The Kier molecular flexibility index (Phi) is 4.86. The van der Waals surface area contributed by atoms with Crippen LogP contribution in [0.1, 0.15) is 18.9 Å². The fourth-order valence-electron chi connectivity index (χ4n) is 2.11. The van der Waals surface area contributed by atoms with Crippen LogP contribution in [0.4, 0.5) is 11.5 Å². The molecule has 0 aliphatic carbocycles. The lowest BCUT2D eigenvalue weighted by Gasteiger charge is -2.14. The summed E-state index contributed by atoms with van der Waals surface area (Å²) in [6.45, 7) is 2.62. The normalized spacial score (nSPS) is 11.9. The predicted octanol–water partition coefficient (Wildman–Crippen LogP) is 2.85. The van der Waals surface area contributed by atoms with Crippen LogP contribution in [0.3, 0.4) is 0 Å². The molecule has 1 aromatic heterocycles. The van der Waals surface area contributed by atoms with Crippen molar-refractivity contribution >= 4 is 22.4 Å². The summed E-state index contributed by atoms with van der Waals surface area (Å²) in [5.41, 5.74) is 0.848. The van der Waals surface area contributed by atoms with Crippen molar-refractivity contribution in [3.8, 4) is 6.07 Å². The Bertz CT molecular complexity index is 739. The molecule has 0 amide bonds. The van der Waals surface area contributed by atoms with Crippen LogP contribution in [0.25, 0.3) is 10.9 Å². The zero-order valence-electron chi connectivity index (χ0n) is 12.4. The molecular formula is C15H16N4O3. The maximum atomic E-state index is 10.8. The number of methoxy groups -OCH3 is 1. The van der Waals surface area contributed by atoms with Gasteiger partial charge >= 0.3 is 0 Å². The topological polar surface area (TPSA) is 101 Å². The highest BCUT2D eigenvalue weighted by atomic mass is 16.6. The molecule has 1 unspecified atom stereocenters. The van der Waals surface area contributed by atoms with Crippen LogP contribution < -0.4 is 5.32 Å². The van der Waals surface area contributed by atoms with E-state index in [1.165, 1.54) is 12.1 Å². The molecule has 2 aromatic rings. The Morgan fingerprint density at radius 1 is 1.50 bits per heavy atom. The fourth-order valence-corrected chi connectivity index (χ4v) is 2.11. The summed E-state index contributed by atoms with van der Waals surface area (Å²) in [4.78, 5) is 14.8. The third-order valence-electron chi connectivity index (χ3n) is 3.27. The number of nitrogens with zero attached hydrogens (tertiary/aromatic N) is 3. The summed E-state index contributed by atoms with van der Waals surface area (Å²) in [5, 5.41) is 23.8. The van der Waals surface area contributed by atoms with Gasteiger partial charge in [0.15, 0.2) is 0 Å². The van der Waals surface area contributed by atoms with E-state index in [0.29, 0.717) is 28.9 Å². The molecule has 1 atom stereocenters. The molecule has 1 heterocycles. The second-order valence-corrected chi connectivity index (χ2v) is 4.95. The van der Waals surface area contributed by atoms with Crippen LogP contribution in [0.5, 0.6) is 0 Å². The van der Waals surface area contributed by atoms with Crippen molar-refractivity contribution in [2.24, 2.45) is 0 Å². The lowest BCUT2D eigenvalue weighted by molar-refractivity contribution is -0.384. The number of nitro groups is 1. The Hall–Kier alpha value is -2.72. The van der Waals surface area contributed by atoms with E-state index in [2.05, 4.69) is 16.4 Å². The quantitative estimate of drug-likeness (QED) is 0.650. The highest BCUT2D eigenvalue weighted by Crippen LogP contribution is 2.25. The second-order valence-electron chi connectivity index (χ2n) is 4.95. The summed E-state index contributed by atoms with van der Waals surface area (Å²) in [5.74, 6) is 0.571. The van der Waals surface area contributed by atoms with E-state index in [1.54, 1.807) is 19.2 Å². The molecule has 22 heavy (non-hydrogen) atoms. The number of pyridine rings is 1. The number of anilines is 1. The van der Waals surface area contributed by atoms with Gasteiger partial charge < -0.3 is 10.1 Å². The van der Waals surface area contributed by atoms with E-state index < -0.39 is 4.92 Å². The maximum Gasteiger partial charge on any atom is 0.270 e. The minimum atomic E-state index is -0.487. The van der Waals surface area contributed by atoms with Gasteiger partial charge in [-0.25, -0.2) is 4.98 Å². The summed E-state index contributed by atoms with van der Waals surface area (Å²) >= 11 is 0. The number of ether oxygens (including phenoxy) is 1. The van der Waals surface area contributed by atoms with Gasteiger partial charge in [-0.05, 0) is 25.5 Å². The standard InChI is InChI=1S/C15H16N4O3/c1-10(5-6-22-2)17-15-7-11(9-16)13-8-12(19(20)21)3-4-14(13)18-15/h3-4,7-8,10H,5-6H2,1-2H3,(H,17,18). The average molecular weight is 300 g/mol. The minimum absolute atomic E-state index is 0.0556. The van der Waals surface area contributed by atoms with Crippen LogP contribution in [-0.2, 0) is 4.74 Å². The van der Waals surface area contributed by atoms with Gasteiger partial charge in [-0.15, -0.1) is 0 Å². The first-order chi connectivity index (χ1) is 10.5. The van der Waals surface area contributed by atoms with Crippen LogP contribution in [0.15, 0.2) is 24.3 Å². The van der Waals surface area contributed by atoms with Gasteiger partial charge in [-0.3, -0.25) is 10.1 Å². The molecule has 0 bridgehead atoms. The highest BCUT2D eigenvalue weighted by Gasteiger charge is 2.12. The molecule has 0 spiro atoms. The van der Waals surface area contributed by atoms with Crippen LogP contribution in [0, 0.1) is 21.4 Å². The molecule has 0 fully saturated rings. The number of nitro benzene ring substituents is 1. The van der Waals surface area contributed by atoms with E-state index in [4.69, 9.17) is 4.74 Å². The molecule has 7 nitrogen and oxygen atoms in total. The molecule has 114 valence electrons. The largest absolute Gasteiger partial charge is 0.385 e. The van der Waals surface area contributed by atoms with Gasteiger partial charge in [-0.2, -0.15) is 5.26 Å². The third kappa shape index (κ3) is 3.48. The van der Waals surface area contributed by atoms with E-state index in [0.717, 1.165) is 6.42 Å². The zero-order valence-corrected chi connectivity index (χ0v) is 12.4. The van der Waals surface area contributed by atoms with Crippen molar-refractivity contribution in [3.05, 3.63) is 39.9 Å². The van der Waals surface area contributed by atoms with Crippen LogP contribution in [-0.4, -0.2) is 29.7 Å². The maximum absolute atomic E-state index is 10.8. The van der Waals surface area contributed by atoms with Crippen molar-refractivity contribution in [2.45, 2.75) is 19.4 Å². The molecular weight excluding hydrogens is 284 g/mol. The molecule has 0 aliphatic heterocycles. The molecule has 0 aliphatic rings. The molecule has 7 heteroatoms.